The molecule has 4 N–H and O–H groups in total. The summed E-state index contributed by atoms with van der Waals surface area (Å²) in [5.41, 5.74) is 9.75. The smallest absolute Gasteiger partial charge is 0.167 e. The maximum absolute atomic E-state index is 13.6. The minimum Gasteiger partial charge on any atom is -0.488 e. The highest BCUT2D eigenvalue weighted by Crippen LogP contribution is 2.41. The van der Waals surface area contributed by atoms with E-state index in [0.717, 1.165) is 5.56 Å². The molecule has 0 spiro atoms. The largest absolute Gasteiger partial charge is 0.488 e. The molecule has 2 aromatic heterocycles. The maximum atomic E-state index is 13.6. The van der Waals surface area contributed by atoms with Gasteiger partial charge in [0.1, 0.15) is 33.7 Å². The summed E-state index contributed by atoms with van der Waals surface area (Å²) in [7, 11) is -3.03. The molecule has 0 aliphatic carbocycles. The Morgan fingerprint density at radius 3 is 2.77 bits per heavy atom. The molecule has 0 bridgehead atoms. The van der Waals surface area contributed by atoms with Gasteiger partial charge in [0.25, 0.3) is 0 Å². The van der Waals surface area contributed by atoms with Crippen molar-refractivity contribution in [1.82, 2.24) is 10.3 Å². The zero-order chi connectivity index (χ0) is 27.5. The first-order chi connectivity index (χ1) is 18.7. The summed E-state index contributed by atoms with van der Waals surface area (Å²) in [4.78, 5) is 9.13. The first-order valence-corrected chi connectivity index (χ1v) is 14.3. The quantitative estimate of drug-likeness (QED) is 0.255. The standard InChI is InChI=1S/C28H28FN5O4S/c1-39(35,36)10-9-31-14-20-12-27(38-17-20)24-13-23-25(15-32-24)33-18-34-28(23,30)22-7-2-3-8-26(22)37-16-19-5-4-6-21(29)11-19/h2-8,11-13,15,17-18,31H,9-10,14,16,30H2,1H3,(H,33,34). The number of pyridine rings is 1. The van der Waals surface area contributed by atoms with E-state index in [2.05, 4.69) is 20.6 Å². The Hall–Kier alpha value is -4.06. The normalized spacial score (nSPS) is 16.5. The molecule has 0 saturated carbocycles. The molecule has 0 amide bonds. The van der Waals surface area contributed by atoms with E-state index in [1.165, 1.54) is 24.7 Å². The molecule has 1 unspecified atom stereocenters. The third kappa shape index (κ3) is 6.17. The van der Waals surface area contributed by atoms with Crippen molar-refractivity contribution in [3.05, 3.63) is 101 Å². The van der Waals surface area contributed by atoms with Crippen LogP contribution in [0.2, 0.25) is 0 Å². The summed E-state index contributed by atoms with van der Waals surface area (Å²) in [6, 6.07) is 17.2. The molecule has 1 aliphatic rings. The number of hydrogen-bond donors (Lipinski definition) is 3. The summed E-state index contributed by atoms with van der Waals surface area (Å²) in [6.07, 6.45) is 6.00. The number of nitrogens with one attached hydrogen (secondary N) is 2. The Labute approximate surface area is 225 Å². The number of nitrogens with two attached hydrogens (primary N) is 1. The molecule has 3 heterocycles. The molecule has 5 rings (SSSR count). The van der Waals surface area contributed by atoms with Crippen LogP contribution in [-0.4, -0.2) is 38.3 Å². The van der Waals surface area contributed by atoms with Gasteiger partial charge in [0, 0.05) is 36.0 Å². The van der Waals surface area contributed by atoms with Crippen LogP contribution in [0, 0.1) is 5.82 Å². The average Bonchev–Trinajstić information content (AvgIpc) is 3.39. The predicted octanol–water partition coefficient (Wildman–Crippen LogP) is 3.81. The van der Waals surface area contributed by atoms with Crippen molar-refractivity contribution in [3.63, 3.8) is 0 Å². The van der Waals surface area contributed by atoms with E-state index in [0.29, 0.717) is 52.7 Å². The fraction of sp³-hybridized carbons (Fsp3) is 0.214. The Morgan fingerprint density at radius 2 is 1.95 bits per heavy atom. The first-order valence-electron chi connectivity index (χ1n) is 12.2. The van der Waals surface area contributed by atoms with Crippen molar-refractivity contribution in [2.75, 3.05) is 23.9 Å². The SMILES string of the molecule is CS(=O)(=O)CCNCc1coc(-c2cc3c(cn2)NC=NC3(N)c2ccccc2OCc2cccc(F)c2)c1. The number of hydrogen-bond acceptors (Lipinski definition) is 9. The Kier molecular flexibility index (Phi) is 7.47. The fourth-order valence-electron chi connectivity index (χ4n) is 4.30. The highest BCUT2D eigenvalue weighted by atomic mass is 32.2. The summed E-state index contributed by atoms with van der Waals surface area (Å²) >= 11 is 0. The van der Waals surface area contributed by atoms with Gasteiger partial charge in [-0.2, -0.15) is 0 Å². The number of sulfone groups is 1. The van der Waals surface area contributed by atoms with Gasteiger partial charge in [0.05, 0.1) is 30.2 Å². The van der Waals surface area contributed by atoms with Gasteiger partial charge in [0.15, 0.2) is 11.4 Å². The number of furan rings is 1. The number of anilines is 1. The average molecular weight is 550 g/mol. The number of aliphatic imine (C=N–C) groups is 1. The van der Waals surface area contributed by atoms with Gasteiger partial charge in [-0.25, -0.2) is 17.8 Å². The van der Waals surface area contributed by atoms with Crippen LogP contribution in [0.3, 0.4) is 0 Å². The Bertz CT molecular complexity index is 1620. The van der Waals surface area contributed by atoms with Gasteiger partial charge in [-0.1, -0.05) is 30.3 Å². The van der Waals surface area contributed by atoms with Crippen LogP contribution in [0.5, 0.6) is 5.75 Å². The van der Waals surface area contributed by atoms with E-state index in [1.807, 2.05) is 30.3 Å². The lowest BCUT2D eigenvalue weighted by Crippen LogP contribution is -2.40. The monoisotopic (exact) mass is 549 g/mol. The minimum atomic E-state index is -3.03. The lowest BCUT2D eigenvalue weighted by atomic mass is 9.89. The summed E-state index contributed by atoms with van der Waals surface area (Å²) < 4.78 is 48.1. The number of fused-ring (bicyclic) bond motifs is 1. The third-order valence-electron chi connectivity index (χ3n) is 6.27. The molecule has 0 fully saturated rings. The van der Waals surface area contributed by atoms with Crippen molar-refractivity contribution in [2.24, 2.45) is 10.7 Å². The highest BCUT2D eigenvalue weighted by molar-refractivity contribution is 7.90. The predicted molar refractivity (Wildman–Crippen MR) is 148 cm³/mol. The van der Waals surface area contributed by atoms with E-state index >= 15 is 0 Å². The topological polar surface area (TPSA) is 132 Å². The van der Waals surface area contributed by atoms with Crippen molar-refractivity contribution in [1.29, 1.82) is 0 Å². The van der Waals surface area contributed by atoms with E-state index < -0.39 is 15.5 Å². The number of nitrogens with zero attached hydrogens (tertiary/aromatic N) is 2. The van der Waals surface area contributed by atoms with E-state index in [9.17, 15) is 12.8 Å². The zero-order valence-electron chi connectivity index (χ0n) is 21.2. The minimum absolute atomic E-state index is 0.0591. The molecule has 1 atom stereocenters. The second-order valence-corrected chi connectivity index (χ2v) is 11.6. The Morgan fingerprint density at radius 1 is 1.10 bits per heavy atom. The number of halogens is 1. The molecule has 202 valence electrons. The van der Waals surface area contributed by atoms with Crippen LogP contribution in [0.4, 0.5) is 10.1 Å². The van der Waals surface area contributed by atoms with Gasteiger partial charge in [-0.3, -0.25) is 10.7 Å². The lowest BCUT2D eigenvalue weighted by Gasteiger charge is -2.32. The molecule has 0 saturated heterocycles. The number of rotatable bonds is 10. The van der Waals surface area contributed by atoms with Crippen LogP contribution in [0.1, 0.15) is 22.3 Å². The van der Waals surface area contributed by atoms with Crippen LogP contribution < -0.4 is 21.1 Å². The van der Waals surface area contributed by atoms with Crippen LogP contribution in [-0.2, 0) is 28.7 Å². The van der Waals surface area contributed by atoms with Gasteiger partial charge < -0.3 is 19.8 Å². The molecule has 2 aromatic carbocycles. The van der Waals surface area contributed by atoms with Gasteiger partial charge in [-0.15, -0.1) is 0 Å². The number of para-hydroxylation sites is 1. The molecule has 9 nitrogen and oxygen atoms in total. The second kappa shape index (κ2) is 11.0. The van der Waals surface area contributed by atoms with Crippen LogP contribution in [0.25, 0.3) is 11.5 Å². The third-order valence-corrected chi connectivity index (χ3v) is 7.21. The molecule has 11 heteroatoms. The van der Waals surface area contributed by atoms with Crippen molar-refractivity contribution < 1.29 is 22.0 Å². The number of benzene rings is 2. The summed E-state index contributed by atoms with van der Waals surface area (Å²) in [5, 5.41) is 6.19. The molecule has 1 aliphatic heterocycles. The number of ether oxygens (including phenoxy) is 1. The van der Waals surface area contributed by atoms with Crippen LogP contribution in [0.15, 0.2) is 82.5 Å². The van der Waals surface area contributed by atoms with Crippen molar-refractivity contribution in [2.45, 2.75) is 18.8 Å². The van der Waals surface area contributed by atoms with E-state index in [-0.39, 0.29) is 18.2 Å². The Balaban J connectivity index is 1.40. The van der Waals surface area contributed by atoms with E-state index in [1.54, 1.807) is 30.7 Å². The molecular formula is C28H28FN5O4S. The molecule has 39 heavy (non-hydrogen) atoms. The van der Waals surface area contributed by atoms with Gasteiger partial charge in [0.2, 0.25) is 0 Å². The van der Waals surface area contributed by atoms with Crippen molar-refractivity contribution in [3.8, 4) is 17.2 Å². The molecular weight excluding hydrogens is 521 g/mol. The van der Waals surface area contributed by atoms with E-state index in [4.69, 9.17) is 14.9 Å². The van der Waals surface area contributed by atoms with Crippen molar-refractivity contribution >= 4 is 21.9 Å². The number of aromatic nitrogens is 1. The lowest BCUT2D eigenvalue weighted by molar-refractivity contribution is 0.297. The first kappa shape index (κ1) is 26.5. The van der Waals surface area contributed by atoms with Crippen LogP contribution >= 0.6 is 0 Å². The van der Waals surface area contributed by atoms with Gasteiger partial charge >= 0.3 is 0 Å². The fourth-order valence-corrected chi connectivity index (χ4v) is 4.81. The molecule has 0 radical (unpaired) electrons. The van der Waals surface area contributed by atoms with Gasteiger partial charge in [-0.05, 0) is 35.9 Å². The molecule has 4 aromatic rings. The maximum Gasteiger partial charge on any atom is 0.167 e. The summed E-state index contributed by atoms with van der Waals surface area (Å²) in [6.45, 7) is 0.956. The second-order valence-electron chi connectivity index (χ2n) is 9.32. The highest BCUT2D eigenvalue weighted by Gasteiger charge is 2.36. The summed E-state index contributed by atoms with van der Waals surface area (Å²) in [5.74, 6) is 0.782. The zero-order valence-corrected chi connectivity index (χ0v) is 22.0.